The number of benzene rings is 4. The van der Waals surface area contributed by atoms with Crippen molar-refractivity contribution in [3.63, 3.8) is 0 Å². The number of amidine groups is 2. The zero-order valence-electron chi connectivity index (χ0n) is 23.5. The van der Waals surface area contributed by atoms with E-state index in [1.807, 2.05) is 90.5 Å². The first-order valence-corrected chi connectivity index (χ1v) is 14.0. The molecular weight excluding hydrogens is 543 g/mol. The van der Waals surface area contributed by atoms with Gasteiger partial charge in [0.2, 0.25) is 0 Å². The third kappa shape index (κ3) is 4.64. The van der Waals surface area contributed by atoms with Crippen molar-refractivity contribution < 1.29 is 13.9 Å². The van der Waals surface area contributed by atoms with Crippen LogP contribution in [0.3, 0.4) is 0 Å². The number of esters is 1. The van der Waals surface area contributed by atoms with E-state index in [0.717, 1.165) is 39.6 Å². The number of aryl methyl sites for hydroxylation is 1. The Balaban J connectivity index is 1.41. The van der Waals surface area contributed by atoms with Gasteiger partial charge in [-0.15, -0.1) is 0 Å². The zero-order valence-corrected chi connectivity index (χ0v) is 23.5. The Labute approximate surface area is 247 Å². The highest BCUT2D eigenvalue weighted by Gasteiger charge is 2.41. The number of aromatic nitrogens is 2. The number of halogens is 1. The lowest BCUT2D eigenvalue weighted by molar-refractivity contribution is 0.0526. The van der Waals surface area contributed by atoms with Crippen LogP contribution in [0.15, 0.2) is 113 Å². The smallest absolute Gasteiger partial charge is 0.338 e. The number of nitrogens with zero attached hydrogens (tertiary/aromatic N) is 5. The topological polar surface area (TPSA) is 84.1 Å². The summed E-state index contributed by atoms with van der Waals surface area (Å²) in [6, 6.07) is 31.0. The molecule has 9 heteroatoms. The van der Waals surface area contributed by atoms with Crippen LogP contribution < -0.4 is 10.2 Å². The van der Waals surface area contributed by atoms with Crippen molar-refractivity contribution in [3.05, 3.63) is 131 Å². The molecule has 7 rings (SSSR count). The molecule has 1 atom stereocenters. The SMILES string of the molecule is CCOC(=O)c1ccc(NC2=Nc3ccccc3N3C2=Nc2c(c(C)nn2-c2ccccc2)C3c2ccc(F)cc2)cc1. The summed E-state index contributed by atoms with van der Waals surface area (Å²) in [5, 5.41) is 8.36. The van der Waals surface area contributed by atoms with Crippen LogP contribution in [0.1, 0.15) is 40.1 Å². The fourth-order valence-electron chi connectivity index (χ4n) is 5.55. The van der Waals surface area contributed by atoms with Crippen LogP contribution >= 0.6 is 0 Å². The molecule has 0 spiro atoms. The molecule has 5 aromatic rings. The number of anilines is 2. The minimum atomic E-state index is -0.375. The molecule has 1 N–H and O–H groups in total. The molecule has 0 saturated carbocycles. The standard InChI is InChI=1S/C34H27FN6O2/c1-3-43-34(42)23-15-19-25(20-16-23)36-31-33-38-32-29(21(2)39-41(32)26-9-5-4-6-10-26)30(22-13-17-24(35)18-14-22)40(33)28-12-8-7-11-27(28)37-31/h4-20,30H,3H2,1-2H3,(H,36,37). The highest BCUT2D eigenvalue weighted by molar-refractivity contribution is 6.51. The summed E-state index contributed by atoms with van der Waals surface area (Å²) in [5.41, 5.74) is 6.33. The van der Waals surface area contributed by atoms with E-state index in [2.05, 4.69) is 10.2 Å². The van der Waals surface area contributed by atoms with E-state index >= 15 is 0 Å². The van der Waals surface area contributed by atoms with Gasteiger partial charge >= 0.3 is 5.97 Å². The van der Waals surface area contributed by atoms with Crippen molar-refractivity contribution in [2.45, 2.75) is 19.9 Å². The van der Waals surface area contributed by atoms with E-state index in [0.29, 0.717) is 29.7 Å². The van der Waals surface area contributed by atoms with Gasteiger partial charge in [0, 0.05) is 11.3 Å². The van der Waals surface area contributed by atoms with Crippen LogP contribution in [0.2, 0.25) is 0 Å². The lowest BCUT2D eigenvalue weighted by Crippen LogP contribution is -2.46. The van der Waals surface area contributed by atoms with Crippen molar-refractivity contribution in [3.8, 4) is 5.69 Å². The average Bonchev–Trinajstić information content (AvgIpc) is 3.37. The van der Waals surface area contributed by atoms with Gasteiger partial charge in [-0.2, -0.15) is 5.10 Å². The molecule has 43 heavy (non-hydrogen) atoms. The van der Waals surface area contributed by atoms with Gasteiger partial charge in [-0.25, -0.2) is 23.9 Å². The number of fused-ring (bicyclic) bond motifs is 4. The second kappa shape index (κ2) is 10.7. The van der Waals surface area contributed by atoms with Crippen LogP contribution in [-0.4, -0.2) is 34.0 Å². The van der Waals surface area contributed by atoms with Gasteiger partial charge in [0.05, 0.1) is 41.0 Å². The van der Waals surface area contributed by atoms with Crippen LogP contribution in [0.4, 0.5) is 27.3 Å². The number of aliphatic imine (C=N–C) groups is 2. The monoisotopic (exact) mass is 570 g/mol. The maximum Gasteiger partial charge on any atom is 0.338 e. The molecule has 1 unspecified atom stereocenters. The van der Waals surface area contributed by atoms with E-state index in [1.165, 1.54) is 12.1 Å². The Morgan fingerprint density at radius 3 is 2.37 bits per heavy atom. The number of nitrogens with one attached hydrogen (secondary N) is 1. The first-order chi connectivity index (χ1) is 21.0. The number of carbonyl (C=O) groups is 1. The second-order valence-corrected chi connectivity index (χ2v) is 10.2. The van der Waals surface area contributed by atoms with Gasteiger partial charge in [-0.1, -0.05) is 42.5 Å². The first-order valence-electron chi connectivity index (χ1n) is 14.0. The zero-order chi connectivity index (χ0) is 29.5. The van der Waals surface area contributed by atoms with Crippen LogP contribution in [0.5, 0.6) is 0 Å². The summed E-state index contributed by atoms with van der Waals surface area (Å²) in [5.74, 6) is 1.11. The quantitative estimate of drug-likeness (QED) is 0.224. The summed E-state index contributed by atoms with van der Waals surface area (Å²) >= 11 is 0. The summed E-state index contributed by atoms with van der Waals surface area (Å²) in [6.45, 7) is 4.06. The minimum absolute atomic E-state index is 0.306. The molecule has 4 aromatic carbocycles. The molecule has 8 nitrogen and oxygen atoms in total. The Hall–Kier alpha value is -5.57. The maximum atomic E-state index is 14.1. The van der Waals surface area contributed by atoms with Gasteiger partial charge < -0.3 is 15.0 Å². The molecule has 0 amide bonds. The molecule has 0 bridgehead atoms. The highest BCUT2D eigenvalue weighted by Crippen LogP contribution is 2.48. The molecule has 2 aliphatic heterocycles. The van der Waals surface area contributed by atoms with Gasteiger partial charge in [0.25, 0.3) is 0 Å². The molecule has 0 saturated heterocycles. The number of ether oxygens (including phenoxy) is 1. The third-order valence-electron chi connectivity index (χ3n) is 7.48. The summed E-state index contributed by atoms with van der Waals surface area (Å²) < 4.78 is 21.1. The Morgan fingerprint density at radius 2 is 1.63 bits per heavy atom. The lowest BCUT2D eigenvalue weighted by Gasteiger charge is -2.40. The Bertz CT molecular complexity index is 1900. The molecule has 0 aliphatic carbocycles. The van der Waals surface area contributed by atoms with Crippen LogP contribution in [0, 0.1) is 12.7 Å². The molecule has 0 fully saturated rings. The normalized spacial score (nSPS) is 15.0. The van der Waals surface area contributed by atoms with Crippen LogP contribution in [0.25, 0.3) is 5.69 Å². The fraction of sp³-hybridized carbons (Fsp3) is 0.118. The van der Waals surface area contributed by atoms with Crippen molar-refractivity contribution in [2.75, 3.05) is 16.8 Å². The van der Waals surface area contributed by atoms with Crippen molar-refractivity contribution in [1.29, 1.82) is 0 Å². The van der Waals surface area contributed by atoms with Crippen LogP contribution in [-0.2, 0) is 4.74 Å². The van der Waals surface area contributed by atoms with E-state index < -0.39 is 0 Å². The van der Waals surface area contributed by atoms with Gasteiger partial charge in [0.1, 0.15) is 5.82 Å². The second-order valence-electron chi connectivity index (χ2n) is 10.2. The Kier molecular flexibility index (Phi) is 6.54. The fourth-order valence-corrected chi connectivity index (χ4v) is 5.55. The average molecular weight is 571 g/mol. The highest BCUT2D eigenvalue weighted by atomic mass is 19.1. The van der Waals surface area contributed by atoms with Crippen molar-refractivity contribution in [2.24, 2.45) is 9.98 Å². The lowest BCUT2D eigenvalue weighted by atomic mass is 9.93. The number of rotatable bonds is 5. The first kappa shape index (κ1) is 26.3. The van der Waals surface area contributed by atoms with Crippen molar-refractivity contribution >= 4 is 40.5 Å². The van der Waals surface area contributed by atoms with E-state index in [9.17, 15) is 9.18 Å². The van der Waals surface area contributed by atoms with E-state index in [4.69, 9.17) is 19.8 Å². The van der Waals surface area contributed by atoms with E-state index in [-0.39, 0.29) is 17.8 Å². The predicted molar refractivity (Wildman–Crippen MR) is 166 cm³/mol. The van der Waals surface area contributed by atoms with E-state index in [1.54, 1.807) is 19.1 Å². The summed E-state index contributed by atoms with van der Waals surface area (Å²) in [6.07, 6.45) is 0. The minimum Gasteiger partial charge on any atom is -0.462 e. The largest absolute Gasteiger partial charge is 0.462 e. The molecule has 2 aliphatic rings. The molecule has 0 radical (unpaired) electrons. The van der Waals surface area contributed by atoms with Gasteiger partial charge in [0.15, 0.2) is 17.5 Å². The predicted octanol–water partition coefficient (Wildman–Crippen LogP) is 7.29. The molecule has 3 heterocycles. The van der Waals surface area contributed by atoms with Gasteiger partial charge in [-0.3, -0.25) is 0 Å². The third-order valence-corrected chi connectivity index (χ3v) is 7.48. The number of hydrogen-bond donors (Lipinski definition) is 1. The summed E-state index contributed by atoms with van der Waals surface area (Å²) in [7, 11) is 0. The van der Waals surface area contributed by atoms with Crippen molar-refractivity contribution in [1.82, 2.24) is 9.78 Å². The number of carbonyl (C=O) groups excluding carboxylic acids is 1. The van der Waals surface area contributed by atoms with Gasteiger partial charge in [-0.05, 0) is 80.1 Å². The number of para-hydroxylation sites is 3. The molecule has 212 valence electrons. The summed E-state index contributed by atoms with van der Waals surface area (Å²) in [4.78, 5) is 24.5. The Morgan fingerprint density at radius 1 is 0.907 bits per heavy atom. The maximum absolute atomic E-state index is 14.1. The molecule has 1 aromatic heterocycles. The molecular formula is C34H27FN6O2. The number of hydrogen-bond acceptors (Lipinski definition) is 7.